The molecule has 4 rings (SSSR count). The van der Waals surface area contributed by atoms with E-state index in [0.717, 1.165) is 11.8 Å². The van der Waals surface area contributed by atoms with Crippen molar-refractivity contribution >= 4 is 39.8 Å². The molecule has 192 valence electrons. The molecule has 1 saturated carbocycles. The summed E-state index contributed by atoms with van der Waals surface area (Å²) >= 11 is 6.09. The number of amides is 1. The van der Waals surface area contributed by atoms with Crippen molar-refractivity contribution in [2.24, 2.45) is 0 Å². The standard InChI is InChI=1S/C26H28ClF3N4O2/c1-34(2)19-4-3-5-20(13-19)36-15-25(35)32-18-9-7-17(8-10-18)31-23-14-24(26(28,29)30)33-22-11-6-16(27)12-21(22)23/h3-6,11-14,17-18H,7-10,15H2,1-2H3,(H,31,33)(H,32,35). The fourth-order valence-corrected chi connectivity index (χ4v) is 4.51. The number of fused-ring (bicyclic) bond motifs is 1. The number of hydrogen-bond acceptors (Lipinski definition) is 5. The van der Waals surface area contributed by atoms with Crippen LogP contribution in [-0.2, 0) is 11.0 Å². The molecule has 3 aromatic rings. The molecule has 6 nitrogen and oxygen atoms in total. The summed E-state index contributed by atoms with van der Waals surface area (Å²) in [4.78, 5) is 18.1. The zero-order valence-corrected chi connectivity index (χ0v) is 20.8. The third kappa shape index (κ3) is 6.51. The van der Waals surface area contributed by atoms with E-state index in [0.29, 0.717) is 47.5 Å². The molecular weight excluding hydrogens is 493 g/mol. The molecule has 1 amide bonds. The van der Waals surface area contributed by atoms with E-state index in [1.54, 1.807) is 12.1 Å². The number of nitrogens with zero attached hydrogens (tertiary/aromatic N) is 2. The van der Waals surface area contributed by atoms with Gasteiger partial charge in [-0.3, -0.25) is 4.79 Å². The Bertz CT molecular complexity index is 1230. The van der Waals surface area contributed by atoms with Gasteiger partial charge in [0, 0.05) is 54.0 Å². The number of carbonyl (C=O) groups is 1. The van der Waals surface area contributed by atoms with Gasteiger partial charge in [-0.05, 0) is 62.1 Å². The van der Waals surface area contributed by atoms with Gasteiger partial charge in [-0.15, -0.1) is 0 Å². The SMILES string of the molecule is CN(C)c1cccc(OCC(=O)NC2CCC(Nc3cc(C(F)(F)F)nc4ccc(Cl)cc34)CC2)c1. The van der Waals surface area contributed by atoms with Gasteiger partial charge in [0.15, 0.2) is 6.61 Å². The van der Waals surface area contributed by atoms with Crippen molar-refractivity contribution in [3.05, 3.63) is 59.2 Å². The van der Waals surface area contributed by atoms with Crippen molar-refractivity contribution < 1.29 is 22.7 Å². The molecule has 1 fully saturated rings. The van der Waals surface area contributed by atoms with Crippen LogP contribution in [0.1, 0.15) is 31.4 Å². The van der Waals surface area contributed by atoms with Crippen LogP contribution >= 0.6 is 11.6 Å². The Labute approximate surface area is 212 Å². The van der Waals surface area contributed by atoms with Crippen molar-refractivity contribution in [3.63, 3.8) is 0 Å². The first kappa shape index (κ1) is 25.9. The third-order valence-corrected chi connectivity index (χ3v) is 6.45. The lowest BCUT2D eigenvalue weighted by atomic mass is 9.90. The minimum Gasteiger partial charge on any atom is -0.484 e. The summed E-state index contributed by atoms with van der Waals surface area (Å²) < 4.78 is 45.8. The number of aromatic nitrogens is 1. The Morgan fingerprint density at radius 3 is 2.50 bits per heavy atom. The van der Waals surface area contributed by atoms with Crippen LogP contribution in [0.25, 0.3) is 10.9 Å². The van der Waals surface area contributed by atoms with E-state index in [1.807, 2.05) is 37.2 Å². The Morgan fingerprint density at radius 2 is 1.81 bits per heavy atom. The van der Waals surface area contributed by atoms with Crippen LogP contribution in [0.15, 0.2) is 48.5 Å². The molecule has 0 atom stereocenters. The predicted octanol–water partition coefficient (Wildman–Crippen LogP) is 5.89. The first-order chi connectivity index (χ1) is 17.1. The highest BCUT2D eigenvalue weighted by Gasteiger charge is 2.34. The fourth-order valence-electron chi connectivity index (χ4n) is 4.33. The van der Waals surface area contributed by atoms with Crippen LogP contribution in [0.4, 0.5) is 24.5 Å². The van der Waals surface area contributed by atoms with Gasteiger partial charge in [-0.2, -0.15) is 13.2 Å². The molecule has 10 heteroatoms. The topological polar surface area (TPSA) is 66.5 Å². The number of anilines is 2. The molecule has 2 N–H and O–H groups in total. The Hall–Kier alpha value is -3.20. The van der Waals surface area contributed by atoms with Crippen LogP contribution in [0.3, 0.4) is 0 Å². The highest BCUT2D eigenvalue weighted by atomic mass is 35.5. The Balaban J connectivity index is 1.33. The molecule has 2 aromatic carbocycles. The molecule has 0 saturated heterocycles. The summed E-state index contributed by atoms with van der Waals surface area (Å²) in [7, 11) is 3.86. The lowest BCUT2D eigenvalue weighted by Gasteiger charge is -2.30. The van der Waals surface area contributed by atoms with Gasteiger partial charge in [-0.1, -0.05) is 17.7 Å². The monoisotopic (exact) mass is 520 g/mol. The molecule has 1 aliphatic carbocycles. The van der Waals surface area contributed by atoms with E-state index in [2.05, 4.69) is 15.6 Å². The molecule has 1 aliphatic rings. The number of carbonyl (C=O) groups excluding carboxylic acids is 1. The number of benzene rings is 2. The van der Waals surface area contributed by atoms with Crippen LogP contribution in [0, 0.1) is 0 Å². The molecular formula is C26H28ClF3N4O2. The highest BCUT2D eigenvalue weighted by Crippen LogP contribution is 2.35. The quantitative estimate of drug-likeness (QED) is 0.406. The van der Waals surface area contributed by atoms with E-state index >= 15 is 0 Å². The number of pyridine rings is 1. The van der Waals surface area contributed by atoms with E-state index < -0.39 is 11.9 Å². The Kier molecular flexibility index (Phi) is 7.78. The maximum absolute atomic E-state index is 13.4. The lowest BCUT2D eigenvalue weighted by Crippen LogP contribution is -2.42. The second-order valence-corrected chi connectivity index (χ2v) is 9.59. The molecule has 36 heavy (non-hydrogen) atoms. The zero-order chi connectivity index (χ0) is 25.9. The molecule has 1 heterocycles. The van der Waals surface area contributed by atoms with Gasteiger partial charge in [0.1, 0.15) is 11.4 Å². The van der Waals surface area contributed by atoms with Gasteiger partial charge >= 0.3 is 6.18 Å². The summed E-state index contributed by atoms with van der Waals surface area (Å²) in [6.45, 7) is -0.0843. The maximum Gasteiger partial charge on any atom is 0.433 e. The van der Waals surface area contributed by atoms with Crippen molar-refractivity contribution in [3.8, 4) is 5.75 Å². The van der Waals surface area contributed by atoms with Gasteiger partial charge in [-0.25, -0.2) is 4.98 Å². The van der Waals surface area contributed by atoms with Crippen LogP contribution in [0.5, 0.6) is 5.75 Å². The van der Waals surface area contributed by atoms with E-state index in [4.69, 9.17) is 16.3 Å². The van der Waals surface area contributed by atoms with Gasteiger partial charge in [0.2, 0.25) is 0 Å². The van der Waals surface area contributed by atoms with Crippen molar-refractivity contribution in [2.75, 3.05) is 30.9 Å². The number of rotatable bonds is 7. The van der Waals surface area contributed by atoms with Crippen molar-refractivity contribution in [1.29, 1.82) is 0 Å². The minimum atomic E-state index is -4.55. The first-order valence-electron chi connectivity index (χ1n) is 11.7. The van der Waals surface area contributed by atoms with Crippen LogP contribution in [0.2, 0.25) is 5.02 Å². The number of hydrogen-bond donors (Lipinski definition) is 2. The minimum absolute atomic E-state index is 0.0124. The van der Waals surface area contributed by atoms with Crippen molar-refractivity contribution in [1.82, 2.24) is 10.3 Å². The van der Waals surface area contributed by atoms with Gasteiger partial charge in [0.05, 0.1) is 5.52 Å². The van der Waals surface area contributed by atoms with Crippen LogP contribution < -0.4 is 20.3 Å². The summed E-state index contributed by atoms with van der Waals surface area (Å²) in [5.74, 6) is 0.415. The smallest absolute Gasteiger partial charge is 0.433 e. The zero-order valence-electron chi connectivity index (χ0n) is 20.0. The van der Waals surface area contributed by atoms with Crippen molar-refractivity contribution in [2.45, 2.75) is 43.9 Å². The maximum atomic E-state index is 13.4. The number of halogens is 4. The second kappa shape index (κ2) is 10.8. The summed E-state index contributed by atoms with van der Waals surface area (Å²) in [5, 5.41) is 7.23. The highest BCUT2D eigenvalue weighted by molar-refractivity contribution is 6.31. The normalized spacial score (nSPS) is 18.1. The largest absolute Gasteiger partial charge is 0.484 e. The molecule has 0 radical (unpaired) electrons. The summed E-state index contributed by atoms with van der Waals surface area (Å²) in [6, 6.07) is 13.1. The molecule has 0 aliphatic heterocycles. The molecule has 0 bridgehead atoms. The van der Waals surface area contributed by atoms with Gasteiger partial charge < -0.3 is 20.3 Å². The van der Waals surface area contributed by atoms with Gasteiger partial charge in [0.25, 0.3) is 5.91 Å². The van der Waals surface area contributed by atoms with E-state index in [9.17, 15) is 18.0 Å². The third-order valence-electron chi connectivity index (χ3n) is 6.22. The fraction of sp³-hybridized carbons (Fsp3) is 0.385. The van der Waals surface area contributed by atoms with E-state index in [-0.39, 0.29) is 30.1 Å². The average Bonchev–Trinajstić information content (AvgIpc) is 2.83. The molecule has 0 unspecified atom stereocenters. The average molecular weight is 521 g/mol. The molecule has 0 spiro atoms. The lowest BCUT2D eigenvalue weighted by molar-refractivity contribution is -0.140. The van der Waals surface area contributed by atoms with E-state index in [1.165, 1.54) is 12.1 Å². The summed E-state index contributed by atoms with van der Waals surface area (Å²) in [5.41, 5.74) is 0.617. The second-order valence-electron chi connectivity index (χ2n) is 9.16. The first-order valence-corrected chi connectivity index (χ1v) is 12.1. The Morgan fingerprint density at radius 1 is 1.08 bits per heavy atom. The number of alkyl halides is 3. The summed E-state index contributed by atoms with van der Waals surface area (Å²) in [6.07, 6.45) is -1.75. The predicted molar refractivity (Wildman–Crippen MR) is 136 cm³/mol. The molecule has 1 aromatic heterocycles. The number of ether oxygens (including phenoxy) is 1. The number of nitrogens with one attached hydrogen (secondary N) is 2. The van der Waals surface area contributed by atoms with Crippen LogP contribution in [-0.4, -0.2) is 43.7 Å².